The van der Waals surface area contributed by atoms with Gasteiger partial charge in [0, 0.05) is 63.0 Å². The Morgan fingerprint density at radius 2 is 1.79 bits per heavy atom. The van der Waals surface area contributed by atoms with Gasteiger partial charge in [0.1, 0.15) is 0 Å². The number of aryl methyl sites for hydroxylation is 2. The molecule has 2 aromatic carbocycles. The number of piperazine rings is 1. The Hall–Kier alpha value is -3.68. The second-order valence-corrected chi connectivity index (χ2v) is 9.12. The molecule has 0 radical (unpaired) electrons. The van der Waals surface area contributed by atoms with Crippen LogP contribution in [-0.4, -0.2) is 59.6 Å². The zero-order valence-electron chi connectivity index (χ0n) is 19.8. The number of hydrogen-bond donors (Lipinski definition) is 0. The van der Waals surface area contributed by atoms with Crippen molar-refractivity contribution in [2.24, 2.45) is 5.92 Å². The van der Waals surface area contributed by atoms with Crippen molar-refractivity contribution in [3.8, 4) is 11.4 Å². The Morgan fingerprint density at radius 3 is 2.53 bits per heavy atom. The van der Waals surface area contributed by atoms with Crippen molar-refractivity contribution in [1.82, 2.24) is 15.0 Å². The molecule has 2 aliphatic rings. The summed E-state index contributed by atoms with van der Waals surface area (Å²) >= 11 is 0. The molecule has 176 valence electrons. The number of carbonyl (C=O) groups excluding carboxylic acids is 2. The minimum absolute atomic E-state index is 0.0335. The smallest absolute Gasteiger partial charge is 0.228 e. The van der Waals surface area contributed by atoms with E-state index in [2.05, 4.69) is 47.1 Å². The molecule has 1 aromatic heterocycles. The molecule has 0 spiro atoms. The van der Waals surface area contributed by atoms with Crippen molar-refractivity contribution in [1.29, 1.82) is 0 Å². The molecule has 1 unspecified atom stereocenters. The van der Waals surface area contributed by atoms with Crippen LogP contribution in [0.15, 0.2) is 47.0 Å². The van der Waals surface area contributed by atoms with Crippen LogP contribution in [0.5, 0.6) is 0 Å². The summed E-state index contributed by atoms with van der Waals surface area (Å²) in [5.74, 6) is 0.687. The summed E-state index contributed by atoms with van der Waals surface area (Å²) in [5.41, 5.74) is 5.34. The molecule has 0 N–H and O–H groups in total. The first-order valence-electron chi connectivity index (χ1n) is 11.7. The van der Waals surface area contributed by atoms with Crippen molar-refractivity contribution in [3.05, 3.63) is 59.5 Å². The first kappa shape index (κ1) is 22.1. The standard InChI is InChI=1S/C26H29N5O3/c1-17-6-4-9-23(18(17)2)29-10-12-30(13-11-29)26(33)21-15-24(32)31(16-21)22-8-5-7-20(14-22)25-27-19(3)34-28-25/h4-9,14,21H,10-13,15-16H2,1-3H3. The Morgan fingerprint density at radius 1 is 1.03 bits per heavy atom. The third kappa shape index (κ3) is 4.16. The molecule has 3 aromatic rings. The quantitative estimate of drug-likeness (QED) is 0.595. The van der Waals surface area contributed by atoms with Gasteiger partial charge in [-0.2, -0.15) is 4.98 Å². The largest absolute Gasteiger partial charge is 0.368 e. The molecule has 5 rings (SSSR count). The summed E-state index contributed by atoms with van der Waals surface area (Å²) < 4.78 is 5.07. The van der Waals surface area contributed by atoms with Gasteiger partial charge in [0.05, 0.1) is 5.92 Å². The highest BCUT2D eigenvalue weighted by molar-refractivity contribution is 6.00. The van der Waals surface area contributed by atoms with E-state index in [1.807, 2.05) is 29.2 Å². The number of rotatable bonds is 4. The molecular weight excluding hydrogens is 430 g/mol. The third-order valence-electron chi connectivity index (χ3n) is 6.93. The molecule has 2 amide bonds. The maximum atomic E-state index is 13.3. The minimum atomic E-state index is -0.323. The maximum Gasteiger partial charge on any atom is 0.228 e. The number of amides is 2. The Kier molecular flexibility index (Phi) is 5.81. The Bertz CT molecular complexity index is 1230. The molecule has 3 heterocycles. The predicted octanol–water partition coefficient (Wildman–Crippen LogP) is 3.36. The highest BCUT2D eigenvalue weighted by atomic mass is 16.5. The monoisotopic (exact) mass is 459 g/mol. The molecule has 34 heavy (non-hydrogen) atoms. The summed E-state index contributed by atoms with van der Waals surface area (Å²) in [6, 6.07) is 13.9. The van der Waals surface area contributed by atoms with Crippen LogP contribution < -0.4 is 9.80 Å². The average molecular weight is 460 g/mol. The van der Waals surface area contributed by atoms with Crippen molar-refractivity contribution in [2.75, 3.05) is 42.5 Å². The summed E-state index contributed by atoms with van der Waals surface area (Å²) in [6.45, 7) is 9.34. The highest BCUT2D eigenvalue weighted by Gasteiger charge is 2.38. The zero-order chi connectivity index (χ0) is 23.8. The molecule has 0 aliphatic carbocycles. The van der Waals surface area contributed by atoms with Crippen LogP contribution in [0.1, 0.15) is 23.4 Å². The summed E-state index contributed by atoms with van der Waals surface area (Å²) in [6.07, 6.45) is 0.238. The summed E-state index contributed by atoms with van der Waals surface area (Å²) in [5, 5.41) is 3.96. The molecule has 0 bridgehead atoms. The second kappa shape index (κ2) is 8.93. The number of nitrogens with zero attached hydrogens (tertiary/aromatic N) is 5. The van der Waals surface area contributed by atoms with E-state index in [0.717, 1.165) is 24.3 Å². The fourth-order valence-corrected chi connectivity index (χ4v) is 4.86. The SMILES string of the molecule is Cc1nc(-c2cccc(N3CC(C(=O)N4CCN(c5cccc(C)c5C)CC4)CC3=O)c2)no1. The van der Waals surface area contributed by atoms with E-state index in [4.69, 9.17) is 4.52 Å². The van der Waals surface area contributed by atoms with E-state index in [1.54, 1.807) is 11.8 Å². The van der Waals surface area contributed by atoms with E-state index >= 15 is 0 Å². The fraction of sp³-hybridized carbons (Fsp3) is 0.385. The number of hydrogen-bond acceptors (Lipinski definition) is 6. The van der Waals surface area contributed by atoms with Gasteiger partial charge in [0.2, 0.25) is 23.5 Å². The lowest BCUT2D eigenvalue weighted by atomic mass is 10.1. The van der Waals surface area contributed by atoms with Gasteiger partial charge >= 0.3 is 0 Å². The third-order valence-corrected chi connectivity index (χ3v) is 6.93. The Balaban J connectivity index is 1.24. The van der Waals surface area contributed by atoms with Crippen molar-refractivity contribution in [2.45, 2.75) is 27.2 Å². The van der Waals surface area contributed by atoms with Crippen molar-refractivity contribution >= 4 is 23.2 Å². The van der Waals surface area contributed by atoms with Crippen LogP contribution in [0.25, 0.3) is 11.4 Å². The molecule has 2 aliphatic heterocycles. The highest BCUT2D eigenvalue weighted by Crippen LogP contribution is 2.30. The van der Waals surface area contributed by atoms with Crippen LogP contribution in [0.2, 0.25) is 0 Å². The van der Waals surface area contributed by atoms with E-state index in [1.165, 1.54) is 16.8 Å². The van der Waals surface area contributed by atoms with Crippen LogP contribution >= 0.6 is 0 Å². The van der Waals surface area contributed by atoms with Gasteiger partial charge < -0.3 is 19.2 Å². The number of aromatic nitrogens is 2. The Labute approximate surface area is 199 Å². The molecule has 2 saturated heterocycles. The lowest BCUT2D eigenvalue weighted by Crippen LogP contribution is -2.51. The van der Waals surface area contributed by atoms with E-state index in [-0.39, 0.29) is 24.2 Å². The van der Waals surface area contributed by atoms with Gasteiger partial charge in [-0.05, 0) is 43.2 Å². The van der Waals surface area contributed by atoms with Gasteiger partial charge in [-0.15, -0.1) is 0 Å². The lowest BCUT2D eigenvalue weighted by molar-refractivity contribution is -0.136. The van der Waals surface area contributed by atoms with Gasteiger partial charge in [-0.25, -0.2) is 0 Å². The molecule has 8 nitrogen and oxygen atoms in total. The van der Waals surface area contributed by atoms with Gasteiger partial charge in [-0.1, -0.05) is 29.4 Å². The molecular formula is C26H29N5O3. The maximum absolute atomic E-state index is 13.3. The molecule has 8 heteroatoms. The van der Waals surface area contributed by atoms with Gasteiger partial charge in [0.15, 0.2) is 0 Å². The van der Waals surface area contributed by atoms with Crippen molar-refractivity contribution < 1.29 is 14.1 Å². The number of carbonyl (C=O) groups is 2. The van der Waals surface area contributed by atoms with E-state index < -0.39 is 0 Å². The number of benzene rings is 2. The second-order valence-electron chi connectivity index (χ2n) is 9.12. The zero-order valence-corrected chi connectivity index (χ0v) is 19.8. The van der Waals surface area contributed by atoms with Crippen molar-refractivity contribution in [3.63, 3.8) is 0 Å². The van der Waals surface area contributed by atoms with Crippen LogP contribution in [0.4, 0.5) is 11.4 Å². The normalized spacial score (nSPS) is 18.6. The van der Waals surface area contributed by atoms with E-state index in [0.29, 0.717) is 31.3 Å². The topological polar surface area (TPSA) is 82.8 Å². The first-order chi connectivity index (χ1) is 16.4. The van der Waals surface area contributed by atoms with Gasteiger partial charge in [0.25, 0.3) is 0 Å². The summed E-state index contributed by atoms with van der Waals surface area (Å²) in [7, 11) is 0. The summed E-state index contributed by atoms with van der Waals surface area (Å²) in [4.78, 5) is 36.3. The fourth-order valence-electron chi connectivity index (χ4n) is 4.86. The first-order valence-corrected chi connectivity index (χ1v) is 11.7. The van der Waals surface area contributed by atoms with Crippen LogP contribution in [-0.2, 0) is 9.59 Å². The average Bonchev–Trinajstić information content (AvgIpc) is 3.46. The molecule has 0 saturated carbocycles. The van der Waals surface area contributed by atoms with Gasteiger partial charge in [-0.3, -0.25) is 9.59 Å². The minimum Gasteiger partial charge on any atom is -0.368 e. The molecule has 1 atom stereocenters. The van der Waals surface area contributed by atoms with Crippen LogP contribution in [0.3, 0.4) is 0 Å². The lowest BCUT2D eigenvalue weighted by Gasteiger charge is -2.38. The van der Waals surface area contributed by atoms with E-state index in [9.17, 15) is 9.59 Å². The predicted molar refractivity (Wildman–Crippen MR) is 130 cm³/mol. The molecule has 2 fully saturated rings. The van der Waals surface area contributed by atoms with Crippen LogP contribution in [0, 0.1) is 26.7 Å². The number of anilines is 2.